The Morgan fingerprint density at radius 3 is 2.94 bits per heavy atom. The van der Waals surface area contributed by atoms with Crippen molar-refractivity contribution in [2.75, 3.05) is 27.4 Å². The molecule has 1 unspecified atom stereocenters. The Morgan fingerprint density at radius 2 is 2.29 bits per heavy atom. The number of imidazole rings is 1. The first-order valence-electron chi connectivity index (χ1n) is 6.08. The van der Waals surface area contributed by atoms with E-state index in [-0.39, 0.29) is 6.10 Å². The molecule has 2 N–H and O–H groups in total. The number of rotatable bonds is 9. The molecule has 1 rings (SSSR count). The van der Waals surface area contributed by atoms with Gasteiger partial charge in [-0.15, -0.1) is 0 Å². The van der Waals surface area contributed by atoms with E-state index in [0.29, 0.717) is 0 Å². The van der Waals surface area contributed by atoms with Gasteiger partial charge in [0.05, 0.1) is 6.61 Å². The smallest absolute Gasteiger partial charge is 0.135 e. The van der Waals surface area contributed by atoms with E-state index in [1.165, 1.54) is 0 Å². The first-order valence-corrected chi connectivity index (χ1v) is 6.08. The van der Waals surface area contributed by atoms with Crippen molar-refractivity contribution in [1.82, 2.24) is 15.3 Å². The Hall–Kier alpha value is -0.910. The van der Waals surface area contributed by atoms with Gasteiger partial charge < -0.3 is 19.8 Å². The molecule has 0 saturated carbocycles. The molecule has 0 fully saturated rings. The molecule has 5 nitrogen and oxygen atoms in total. The van der Waals surface area contributed by atoms with Crippen molar-refractivity contribution in [1.29, 1.82) is 0 Å². The van der Waals surface area contributed by atoms with Gasteiger partial charge in [0.1, 0.15) is 11.9 Å². The second-order valence-electron chi connectivity index (χ2n) is 3.98. The van der Waals surface area contributed by atoms with E-state index in [9.17, 15) is 0 Å². The van der Waals surface area contributed by atoms with Crippen LogP contribution in [0.1, 0.15) is 37.4 Å². The van der Waals surface area contributed by atoms with Crippen LogP contribution < -0.4 is 5.32 Å². The van der Waals surface area contributed by atoms with Crippen LogP contribution >= 0.6 is 0 Å². The number of nitrogens with zero attached hydrogens (tertiary/aromatic N) is 1. The zero-order chi connectivity index (χ0) is 12.5. The predicted molar refractivity (Wildman–Crippen MR) is 66.8 cm³/mol. The molecule has 1 aromatic heterocycles. The lowest BCUT2D eigenvalue weighted by atomic mass is 10.2. The van der Waals surface area contributed by atoms with Crippen LogP contribution in [0.25, 0.3) is 0 Å². The lowest BCUT2D eigenvalue weighted by Crippen LogP contribution is -2.18. The third-order valence-electron chi connectivity index (χ3n) is 2.59. The molecule has 0 aliphatic carbocycles. The van der Waals surface area contributed by atoms with Gasteiger partial charge in [-0.3, -0.25) is 0 Å². The minimum Gasteiger partial charge on any atom is -0.383 e. The summed E-state index contributed by atoms with van der Waals surface area (Å²) in [6.45, 7) is 4.48. The third kappa shape index (κ3) is 4.85. The number of hydrogen-bond donors (Lipinski definition) is 2. The van der Waals surface area contributed by atoms with Crippen LogP contribution in [-0.2, 0) is 16.0 Å². The Morgan fingerprint density at radius 1 is 1.47 bits per heavy atom. The van der Waals surface area contributed by atoms with Gasteiger partial charge in [-0.1, -0.05) is 13.3 Å². The lowest BCUT2D eigenvalue weighted by molar-refractivity contribution is 0.0882. The standard InChI is InChI=1S/C12H23N3O2/c1-4-5-11(17-3)12-14-9-10(15-12)8-13-6-7-16-2/h9,11,13H,4-8H2,1-3H3,(H,14,15). The second-order valence-corrected chi connectivity index (χ2v) is 3.98. The number of aromatic amines is 1. The van der Waals surface area contributed by atoms with Gasteiger partial charge in [0.25, 0.3) is 0 Å². The molecule has 0 saturated heterocycles. The Kier molecular flexibility index (Phi) is 6.84. The SMILES string of the molecule is CCCC(OC)c1ncc(CNCCOC)[nH]1. The van der Waals surface area contributed by atoms with Crippen molar-refractivity contribution in [3.05, 3.63) is 17.7 Å². The summed E-state index contributed by atoms with van der Waals surface area (Å²) in [6.07, 6.45) is 4.01. The van der Waals surface area contributed by atoms with Crippen molar-refractivity contribution in [2.24, 2.45) is 0 Å². The number of hydrogen-bond acceptors (Lipinski definition) is 4. The van der Waals surface area contributed by atoms with E-state index in [1.807, 2.05) is 6.20 Å². The van der Waals surface area contributed by atoms with Gasteiger partial charge >= 0.3 is 0 Å². The molecule has 1 atom stereocenters. The lowest BCUT2D eigenvalue weighted by Gasteiger charge is -2.10. The maximum absolute atomic E-state index is 5.40. The van der Waals surface area contributed by atoms with Gasteiger partial charge in [-0.05, 0) is 6.42 Å². The van der Waals surface area contributed by atoms with Crippen LogP contribution in [0.3, 0.4) is 0 Å². The molecule has 1 heterocycles. The normalized spacial score (nSPS) is 12.9. The molecule has 0 aliphatic rings. The average molecular weight is 241 g/mol. The van der Waals surface area contributed by atoms with Gasteiger partial charge in [-0.25, -0.2) is 4.98 Å². The van der Waals surface area contributed by atoms with E-state index in [0.717, 1.165) is 44.1 Å². The zero-order valence-corrected chi connectivity index (χ0v) is 11.0. The highest BCUT2D eigenvalue weighted by Crippen LogP contribution is 2.18. The maximum atomic E-state index is 5.40. The summed E-state index contributed by atoms with van der Waals surface area (Å²) in [5.74, 6) is 0.915. The minimum atomic E-state index is 0.0766. The van der Waals surface area contributed by atoms with Crippen LogP contribution in [0.5, 0.6) is 0 Å². The van der Waals surface area contributed by atoms with E-state index in [1.54, 1.807) is 14.2 Å². The van der Waals surface area contributed by atoms with E-state index < -0.39 is 0 Å². The fourth-order valence-corrected chi connectivity index (χ4v) is 1.66. The number of ether oxygens (including phenoxy) is 2. The molecule has 0 aromatic carbocycles. The van der Waals surface area contributed by atoms with E-state index >= 15 is 0 Å². The van der Waals surface area contributed by atoms with Crippen LogP contribution in [0.4, 0.5) is 0 Å². The monoisotopic (exact) mass is 241 g/mol. The van der Waals surface area contributed by atoms with E-state index in [2.05, 4.69) is 22.2 Å². The van der Waals surface area contributed by atoms with Crippen LogP contribution in [0.15, 0.2) is 6.20 Å². The summed E-state index contributed by atoms with van der Waals surface area (Å²) >= 11 is 0. The number of aromatic nitrogens is 2. The predicted octanol–water partition coefficient (Wildman–Crippen LogP) is 1.63. The molecule has 0 spiro atoms. The topological polar surface area (TPSA) is 59.2 Å². The molecule has 0 aliphatic heterocycles. The van der Waals surface area contributed by atoms with Crippen molar-refractivity contribution >= 4 is 0 Å². The molecule has 98 valence electrons. The summed E-state index contributed by atoms with van der Waals surface area (Å²) in [4.78, 5) is 7.64. The highest BCUT2D eigenvalue weighted by Gasteiger charge is 2.12. The summed E-state index contributed by atoms with van der Waals surface area (Å²) in [5.41, 5.74) is 1.08. The molecule has 0 bridgehead atoms. The first kappa shape index (κ1) is 14.2. The van der Waals surface area contributed by atoms with Gasteiger partial charge in [0.15, 0.2) is 0 Å². The molecule has 1 aromatic rings. The van der Waals surface area contributed by atoms with E-state index in [4.69, 9.17) is 9.47 Å². The van der Waals surface area contributed by atoms with Gasteiger partial charge in [-0.2, -0.15) is 0 Å². The summed E-state index contributed by atoms with van der Waals surface area (Å²) in [5, 5.41) is 3.27. The third-order valence-corrected chi connectivity index (χ3v) is 2.59. The maximum Gasteiger partial charge on any atom is 0.135 e. The number of H-pyrrole nitrogens is 1. The summed E-state index contributed by atoms with van der Waals surface area (Å²) in [6, 6.07) is 0. The van der Waals surface area contributed by atoms with Crippen molar-refractivity contribution in [3.8, 4) is 0 Å². The molecule has 17 heavy (non-hydrogen) atoms. The zero-order valence-electron chi connectivity index (χ0n) is 11.0. The number of nitrogens with one attached hydrogen (secondary N) is 2. The van der Waals surface area contributed by atoms with Crippen molar-refractivity contribution in [2.45, 2.75) is 32.4 Å². The van der Waals surface area contributed by atoms with Crippen LogP contribution in [0, 0.1) is 0 Å². The summed E-state index contributed by atoms with van der Waals surface area (Å²) < 4.78 is 10.4. The first-order chi connectivity index (χ1) is 8.31. The largest absolute Gasteiger partial charge is 0.383 e. The fraction of sp³-hybridized carbons (Fsp3) is 0.750. The van der Waals surface area contributed by atoms with Crippen molar-refractivity contribution < 1.29 is 9.47 Å². The quantitative estimate of drug-likeness (QED) is 0.645. The Bertz CT molecular complexity index is 302. The van der Waals surface area contributed by atoms with Crippen LogP contribution in [-0.4, -0.2) is 37.3 Å². The minimum absolute atomic E-state index is 0.0766. The molecular weight excluding hydrogens is 218 g/mol. The fourth-order valence-electron chi connectivity index (χ4n) is 1.66. The van der Waals surface area contributed by atoms with Crippen molar-refractivity contribution in [3.63, 3.8) is 0 Å². The second kappa shape index (κ2) is 8.22. The van der Waals surface area contributed by atoms with Gasteiger partial charge in [0, 0.05) is 39.2 Å². The Balaban J connectivity index is 2.40. The summed E-state index contributed by atoms with van der Waals surface area (Å²) in [7, 11) is 3.42. The Labute approximate surface area is 103 Å². The molecule has 5 heteroatoms. The molecule has 0 amide bonds. The highest BCUT2D eigenvalue weighted by atomic mass is 16.5. The number of methoxy groups -OCH3 is 2. The average Bonchev–Trinajstić information content (AvgIpc) is 2.80. The van der Waals surface area contributed by atoms with Gasteiger partial charge in [0.2, 0.25) is 0 Å². The van der Waals surface area contributed by atoms with Crippen LogP contribution in [0.2, 0.25) is 0 Å². The highest BCUT2D eigenvalue weighted by molar-refractivity contribution is 5.03. The molecule has 0 radical (unpaired) electrons. The molecular formula is C12H23N3O2.